The predicted molar refractivity (Wildman–Crippen MR) is 103 cm³/mol. The molecule has 0 aliphatic carbocycles. The standard InChI is InChI=1S/C17H15BrClF3N6O/c1-10-14(18)15(17(20,21)22)25-28(10)7-6-13(29)24-16-23-9-27(26-16)8-11-2-4-12(19)5-3-11/h2-5,9H,6-8H2,1H3,(H,24,26,29). The second-order valence-corrected chi connectivity index (χ2v) is 7.39. The van der Waals surface area contributed by atoms with E-state index in [1.165, 1.54) is 13.3 Å². The Bertz CT molecular complexity index is 1020. The lowest BCUT2D eigenvalue weighted by molar-refractivity contribution is -0.142. The molecule has 3 aromatic rings. The summed E-state index contributed by atoms with van der Waals surface area (Å²) in [5.41, 5.74) is 0.228. The number of aromatic nitrogens is 5. The third kappa shape index (κ3) is 5.36. The molecule has 7 nitrogen and oxygen atoms in total. The molecule has 2 aromatic heterocycles. The van der Waals surface area contributed by atoms with E-state index in [0.29, 0.717) is 11.6 Å². The maximum atomic E-state index is 12.9. The molecule has 0 saturated heterocycles. The van der Waals surface area contributed by atoms with E-state index in [9.17, 15) is 18.0 Å². The van der Waals surface area contributed by atoms with E-state index < -0.39 is 17.8 Å². The molecule has 0 bridgehead atoms. The number of benzene rings is 1. The van der Waals surface area contributed by atoms with Crippen molar-refractivity contribution in [2.24, 2.45) is 0 Å². The molecule has 0 atom stereocenters. The number of amides is 1. The SMILES string of the molecule is Cc1c(Br)c(C(F)(F)F)nn1CCC(=O)Nc1ncn(Cc2ccc(Cl)cc2)n1. The molecule has 0 saturated carbocycles. The number of carbonyl (C=O) groups is 1. The molecule has 2 heterocycles. The number of halogens is 5. The molecule has 0 fully saturated rings. The van der Waals surface area contributed by atoms with Gasteiger partial charge in [0.15, 0.2) is 5.69 Å². The fourth-order valence-corrected chi connectivity index (χ4v) is 3.16. The first-order valence-electron chi connectivity index (χ1n) is 8.37. The van der Waals surface area contributed by atoms with Crippen molar-refractivity contribution >= 4 is 39.4 Å². The summed E-state index contributed by atoms with van der Waals surface area (Å²) in [6, 6.07) is 7.22. The fraction of sp³-hybridized carbons (Fsp3) is 0.294. The summed E-state index contributed by atoms with van der Waals surface area (Å²) >= 11 is 8.74. The van der Waals surface area contributed by atoms with Gasteiger partial charge in [0.05, 0.1) is 23.3 Å². The molecule has 0 aliphatic rings. The number of hydrogen-bond donors (Lipinski definition) is 1. The molecule has 29 heavy (non-hydrogen) atoms. The van der Waals surface area contributed by atoms with E-state index >= 15 is 0 Å². The molecule has 1 aromatic carbocycles. The Labute approximate surface area is 177 Å². The van der Waals surface area contributed by atoms with Crippen molar-refractivity contribution in [1.29, 1.82) is 0 Å². The van der Waals surface area contributed by atoms with Gasteiger partial charge in [-0.1, -0.05) is 23.7 Å². The number of carbonyl (C=O) groups excluding carboxylic acids is 1. The number of aryl methyl sites for hydroxylation is 1. The van der Waals surface area contributed by atoms with Crippen molar-refractivity contribution in [3.05, 3.63) is 57.0 Å². The molecular formula is C17H15BrClF3N6O. The van der Waals surface area contributed by atoms with Crippen LogP contribution in [0.3, 0.4) is 0 Å². The molecule has 0 unspecified atom stereocenters. The number of rotatable bonds is 6. The van der Waals surface area contributed by atoms with Crippen LogP contribution < -0.4 is 5.32 Å². The Hall–Kier alpha value is -2.40. The molecular weight excluding hydrogens is 477 g/mol. The van der Waals surface area contributed by atoms with Crippen LogP contribution in [0.25, 0.3) is 0 Å². The van der Waals surface area contributed by atoms with Crippen LogP contribution in [0, 0.1) is 6.92 Å². The summed E-state index contributed by atoms with van der Waals surface area (Å²) in [5.74, 6) is -0.327. The average molecular weight is 492 g/mol. The van der Waals surface area contributed by atoms with E-state index in [-0.39, 0.29) is 29.1 Å². The van der Waals surface area contributed by atoms with Crippen LogP contribution in [-0.4, -0.2) is 30.5 Å². The Morgan fingerprint density at radius 1 is 1.24 bits per heavy atom. The summed E-state index contributed by atoms with van der Waals surface area (Å²) in [6.07, 6.45) is -3.19. The summed E-state index contributed by atoms with van der Waals surface area (Å²) < 4.78 is 41.2. The van der Waals surface area contributed by atoms with Crippen molar-refractivity contribution < 1.29 is 18.0 Å². The number of alkyl halides is 3. The van der Waals surface area contributed by atoms with Crippen molar-refractivity contribution in [1.82, 2.24) is 24.5 Å². The minimum absolute atomic E-state index is 0.0160. The normalized spacial score (nSPS) is 11.7. The predicted octanol–water partition coefficient (Wildman–Crippen LogP) is 4.29. The number of anilines is 1. The van der Waals surface area contributed by atoms with Crippen molar-refractivity contribution in [3.8, 4) is 0 Å². The van der Waals surface area contributed by atoms with Gasteiger partial charge in [0.1, 0.15) is 6.33 Å². The third-order valence-corrected chi connectivity index (χ3v) is 5.20. The second-order valence-electron chi connectivity index (χ2n) is 6.16. The highest BCUT2D eigenvalue weighted by Gasteiger charge is 2.37. The van der Waals surface area contributed by atoms with Crippen LogP contribution in [-0.2, 0) is 24.1 Å². The monoisotopic (exact) mass is 490 g/mol. The highest BCUT2D eigenvalue weighted by atomic mass is 79.9. The van der Waals surface area contributed by atoms with E-state index in [2.05, 4.69) is 36.4 Å². The summed E-state index contributed by atoms with van der Waals surface area (Å²) in [6.45, 7) is 1.92. The van der Waals surface area contributed by atoms with Gasteiger partial charge < -0.3 is 0 Å². The van der Waals surface area contributed by atoms with Crippen molar-refractivity contribution in [2.45, 2.75) is 32.6 Å². The molecule has 0 spiro atoms. The molecule has 0 aliphatic heterocycles. The summed E-state index contributed by atoms with van der Waals surface area (Å²) in [5, 5.41) is 10.8. The highest BCUT2D eigenvalue weighted by molar-refractivity contribution is 9.10. The lowest BCUT2D eigenvalue weighted by Gasteiger charge is -2.05. The Kier molecular flexibility index (Phi) is 6.27. The van der Waals surface area contributed by atoms with Crippen LogP contribution >= 0.6 is 27.5 Å². The minimum Gasteiger partial charge on any atom is -0.293 e. The Morgan fingerprint density at radius 2 is 1.93 bits per heavy atom. The van der Waals surface area contributed by atoms with E-state index in [1.807, 2.05) is 12.1 Å². The van der Waals surface area contributed by atoms with Crippen molar-refractivity contribution in [2.75, 3.05) is 5.32 Å². The third-order valence-electron chi connectivity index (χ3n) is 4.00. The zero-order valence-corrected chi connectivity index (χ0v) is 17.4. The zero-order chi connectivity index (χ0) is 21.2. The van der Waals surface area contributed by atoms with Gasteiger partial charge in [-0.3, -0.25) is 14.8 Å². The van der Waals surface area contributed by atoms with Crippen molar-refractivity contribution in [3.63, 3.8) is 0 Å². The smallest absolute Gasteiger partial charge is 0.293 e. The summed E-state index contributed by atoms with van der Waals surface area (Å²) in [7, 11) is 0. The second kappa shape index (κ2) is 8.54. The van der Waals surface area contributed by atoms with Crippen LogP contribution in [0.1, 0.15) is 23.4 Å². The van der Waals surface area contributed by atoms with Gasteiger partial charge >= 0.3 is 6.18 Å². The van der Waals surface area contributed by atoms with Gasteiger partial charge in [-0.2, -0.15) is 18.3 Å². The van der Waals surface area contributed by atoms with Gasteiger partial charge in [-0.25, -0.2) is 9.67 Å². The number of hydrogen-bond acceptors (Lipinski definition) is 4. The van der Waals surface area contributed by atoms with Crippen LogP contribution in [0.15, 0.2) is 35.1 Å². The fourth-order valence-electron chi connectivity index (χ4n) is 2.52. The quantitative estimate of drug-likeness (QED) is 0.558. The molecule has 0 radical (unpaired) electrons. The molecule has 12 heteroatoms. The first-order chi connectivity index (χ1) is 13.6. The van der Waals surface area contributed by atoms with E-state index in [4.69, 9.17) is 11.6 Å². The largest absolute Gasteiger partial charge is 0.436 e. The van der Waals surface area contributed by atoms with Crippen LogP contribution in [0.2, 0.25) is 5.02 Å². The lowest BCUT2D eigenvalue weighted by Crippen LogP contribution is -2.17. The zero-order valence-electron chi connectivity index (χ0n) is 15.0. The minimum atomic E-state index is -4.57. The van der Waals surface area contributed by atoms with Gasteiger partial charge in [-0.15, -0.1) is 5.10 Å². The van der Waals surface area contributed by atoms with Crippen LogP contribution in [0.4, 0.5) is 19.1 Å². The summed E-state index contributed by atoms with van der Waals surface area (Å²) in [4.78, 5) is 16.1. The molecule has 1 amide bonds. The molecule has 1 N–H and O–H groups in total. The first kappa shape index (κ1) is 21.3. The molecule has 3 rings (SSSR count). The maximum Gasteiger partial charge on any atom is 0.436 e. The number of nitrogens with zero attached hydrogens (tertiary/aromatic N) is 5. The van der Waals surface area contributed by atoms with Gasteiger partial charge in [0, 0.05) is 11.4 Å². The highest BCUT2D eigenvalue weighted by Crippen LogP contribution is 2.35. The van der Waals surface area contributed by atoms with Crippen LogP contribution in [0.5, 0.6) is 0 Å². The lowest BCUT2D eigenvalue weighted by atomic mass is 10.2. The average Bonchev–Trinajstić information content (AvgIpc) is 3.20. The topological polar surface area (TPSA) is 77.6 Å². The Balaban J connectivity index is 1.56. The van der Waals surface area contributed by atoms with E-state index in [0.717, 1.165) is 10.2 Å². The maximum absolute atomic E-state index is 12.9. The first-order valence-corrected chi connectivity index (χ1v) is 9.54. The van der Waals surface area contributed by atoms with Gasteiger partial charge in [0.25, 0.3) is 0 Å². The van der Waals surface area contributed by atoms with Gasteiger partial charge in [0.2, 0.25) is 11.9 Å². The Morgan fingerprint density at radius 3 is 2.55 bits per heavy atom. The number of nitrogens with one attached hydrogen (secondary N) is 1. The van der Waals surface area contributed by atoms with E-state index in [1.54, 1.807) is 16.8 Å². The molecule has 154 valence electrons. The van der Waals surface area contributed by atoms with Gasteiger partial charge in [-0.05, 0) is 40.5 Å².